The predicted molar refractivity (Wildman–Crippen MR) is 105 cm³/mol. The number of fused-ring (bicyclic) bond motifs is 1. The Labute approximate surface area is 200 Å². The number of primary amides is 1. The van der Waals surface area contributed by atoms with Crippen molar-refractivity contribution in [3.63, 3.8) is 0 Å². The number of carbonyl (C=O) groups excluding carboxylic acids is 2. The molecule has 0 bridgehead atoms. The number of nitrogens with two attached hydrogens (primary N) is 1. The van der Waals surface area contributed by atoms with Crippen LogP contribution in [-0.4, -0.2) is 47.1 Å². The number of hydrogen-bond acceptors (Lipinski definition) is 3. The van der Waals surface area contributed by atoms with Gasteiger partial charge in [-0.3, -0.25) is 9.59 Å². The molecule has 0 aliphatic heterocycles. The number of alkyl halides is 11. The van der Waals surface area contributed by atoms with Crippen LogP contribution in [0.4, 0.5) is 53.3 Å². The maximum atomic E-state index is 15.1. The maximum absolute atomic E-state index is 15.1. The summed E-state index contributed by atoms with van der Waals surface area (Å²) in [4.78, 5) is 24.6. The van der Waals surface area contributed by atoms with E-state index in [4.69, 9.17) is 5.73 Å². The lowest BCUT2D eigenvalue weighted by Crippen LogP contribution is -2.86. The zero-order valence-electron chi connectivity index (χ0n) is 18.7. The van der Waals surface area contributed by atoms with Crippen LogP contribution < -0.4 is 11.1 Å². The van der Waals surface area contributed by atoms with Crippen molar-refractivity contribution < 1.29 is 57.9 Å². The van der Waals surface area contributed by atoms with Crippen molar-refractivity contribution in [3.05, 3.63) is 16.0 Å². The first kappa shape index (κ1) is 28.4. The molecule has 2 amide bonds. The monoisotopic (exact) mass is 560 g/mol. The van der Waals surface area contributed by atoms with E-state index in [9.17, 15) is 53.5 Å². The van der Waals surface area contributed by atoms with E-state index in [1.807, 2.05) is 20.8 Å². The van der Waals surface area contributed by atoms with Crippen LogP contribution in [0, 0.1) is 11.3 Å². The lowest BCUT2D eigenvalue weighted by molar-refractivity contribution is -0.475. The number of anilines is 1. The topological polar surface area (TPSA) is 72.2 Å². The van der Waals surface area contributed by atoms with Gasteiger partial charge >= 0.3 is 35.3 Å². The molecular formula is C20H19F11N2O2S. The second-order valence-electron chi connectivity index (χ2n) is 9.86. The Balaban J connectivity index is 2.14. The van der Waals surface area contributed by atoms with Crippen LogP contribution in [0.2, 0.25) is 0 Å². The Morgan fingerprint density at radius 1 is 0.861 bits per heavy atom. The summed E-state index contributed by atoms with van der Waals surface area (Å²) in [5, 5.41) is 0.114. The summed E-state index contributed by atoms with van der Waals surface area (Å²) in [6, 6.07) is 0. The molecule has 4 nitrogen and oxygen atoms in total. The first-order valence-corrected chi connectivity index (χ1v) is 11.1. The fourth-order valence-electron chi connectivity index (χ4n) is 4.37. The molecule has 2 aliphatic rings. The van der Waals surface area contributed by atoms with Gasteiger partial charge in [-0.2, -0.15) is 43.9 Å². The molecule has 1 aromatic rings. The minimum absolute atomic E-state index is 0.0490. The number of halogens is 11. The summed E-state index contributed by atoms with van der Waals surface area (Å²) in [7, 11) is 0. The largest absolute Gasteiger partial charge is 0.384 e. The smallest absolute Gasteiger partial charge is 0.365 e. The average molecular weight is 560 g/mol. The van der Waals surface area contributed by atoms with E-state index in [1.54, 1.807) is 0 Å². The van der Waals surface area contributed by atoms with Gasteiger partial charge in [-0.25, -0.2) is 4.39 Å². The SMILES string of the molecule is CC(C)(C)C1CCc2c(sc(NC(=O)C3(F)C(F)(F)C(F)(F)C(F)(F)C(F)(F)C3(F)F)c2C(N)=O)C1. The Bertz CT molecular complexity index is 1080. The minimum Gasteiger partial charge on any atom is -0.365 e. The third-order valence-corrected chi connectivity index (χ3v) is 7.89. The Hall–Kier alpha value is -2.13. The van der Waals surface area contributed by atoms with Crippen LogP contribution in [-0.2, 0) is 17.6 Å². The van der Waals surface area contributed by atoms with Crippen LogP contribution in [0.5, 0.6) is 0 Å². The van der Waals surface area contributed by atoms with Gasteiger partial charge in [0.25, 0.3) is 11.8 Å². The van der Waals surface area contributed by atoms with Gasteiger partial charge in [0.15, 0.2) is 0 Å². The van der Waals surface area contributed by atoms with Crippen molar-refractivity contribution in [1.29, 1.82) is 0 Å². The molecule has 36 heavy (non-hydrogen) atoms. The fourth-order valence-corrected chi connectivity index (χ4v) is 5.70. The molecule has 1 heterocycles. The molecule has 0 aromatic carbocycles. The lowest BCUT2D eigenvalue weighted by Gasteiger charge is -2.51. The van der Waals surface area contributed by atoms with E-state index < -0.39 is 57.7 Å². The highest BCUT2D eigenvalue weighted by atomic mass is 32.1. The van der Waals surface area contributed by atoms with Gasteiger partial charge in [0, 0.05) is 4.88 Å². The molecular weight excluding hydrogens is 541 g/mol. The molecule has 16 heteroatoms. The van der Waals surface area contributed by atoms with E-state index in [0.29, 0.717) is 22.6 Å². The molecule has 0 radical (unpaired) electrons. The maximum Gasteiger partial charge on any atom is 0.384 e. The van der Waals surface area contributed by atoms with E-state index >= 15 is 4.39 Å². The second kappa shape index (κ2) is 7.69. The van der Waals surface area contributed by atoms with Crippen LogP contribution >= 0.6 is 11.3 Å². The lowest BCUT2D eigenvalue weighted by atomic mass is 9.71. The summed E-state index contributed by atoms with van der Waals surface area (Å²) >= 11 is 0.389. The van der Waals surface area contributed by atoms with Crippen LogP contribution in [0.25, 0.3) is 0 Å². The van der Waals surface area contributed by atoms with Crippen LogP contribution in [0.1, 0.15) is 48.0 Å². The van der Waals surface area contributed by atoms with Gasteiger partial charge in [0.1, 0.15) is 5.00 Å². The summed E-state index contributed by atoms with van der Waals surface area (Å²) in [5.74, 6) is -41.8. The highest BCUT2D eigenvalue weighted by Gasteiger charge is 3.02. The summed E-state index contributed by atoms with van der Waals surface area (Å²) in [5.41, 5.74) is -2.46. The first-order valence-electron chi connectivity index (χ1n) is 10.2. The molecule has 3 rings (SSSR count). The third kappa shape index (κ3) is 3.24. The molecule has 1 atom stereocenters. The van der Waals surface area contributed by atoms with Crippen molar-refractivity contribution in [1.82, 2.24) is 0 Å². The summed E-state index contributed by atoms with van der Waals surface area (Å²) in [6.07, 6.45) is 0.754. The van der Waals surface area contributed by atoms with Gasteiger partial charge in [-0.1, -0.05) is 20.8 Å². The van der Waals surface area contributed by atoms with Crippen molar-refractivity contribution in [2.24, 2.45) is 17.1 Å². The Morgan fingerprint density at radius 3 is 1.72 bits per heavy atom. The van der Waals surface area contributed by atoms with E-state index in [1.165, 1.54) is 0 Å². The average Bonchev–Trinajstić information content (AvgIpc) is 3.07. The summed E-state index contributed by atoms with van der Waals surface area (Å²) in [6.45, 7) is 5.60. The normalized spacial score (nSPS) is 27.1. The van der Waals surface area contributed by atoms with Gasteiger partial charge in [-0.15, -0.1) is 11.3 Å². The number of nitrogens with one attached hydrogen (secondary N) is 1. The fraction of sp³-hybridized carbons (Fsp3) is 0.700. The molecule has 1 saturated carbocycles. The number of carbonyl (C=O) groups is 2. The number of hydrogen-bond donors (Lipinski definition) is 2. The molecule has 204 valence electrons. The van der Waals surface area contributed by atoms with Gasteiger partial charge in [-0.05, 0) is 36.2 Å². The zero-order chi connectivity index (χ0) is 28.1. The van der Waals surface area contributed by atoms with Crippen molar-refractivity contribution in [3.8, 4) is 0 Å². The van der Waals surface area contributed by atoms with Gasteiger partial charge in [0.05, 0.1) is 5.56 Å². The molecule has 0 saturated heterocycles. The van der Waals surface area contributed by atoms with E-state index in [2.05, 4.69) is 0 Å². The van der Waals surface area contributed by atoms with Crippen molar-refractivity contribution in [2.45, 2.75) is 75.3 Å². The highest BCUT2D eigenvalue weighted by Crippen LogP contribution is 2.69. The van der Waals surface area contributed by atoms with Gasteiger partial charge in [0.2, 0.25) is 0 Å². The van der Waals surface area contributed by atoms with E-state index in [0.717, 1.165) is 5.32 Å². The summed E-state index contributed by atoms with van der Waals surface area (Å²) < 4.78 is 154. The van der Waals surface area contributed by atoms with E-state index in [-0.39, 0.29) is 29.7 Å². The Kier molecular flexibility index (Phi) is 6.08. The van der Waals surface area contributed by atoms with Crippen LogP contribution in [0.3, 0.4) is 0 Å². The highest BCUT2D eigenvalue weighted by molar-refractivity contribution is 7.17. The van der Waals surface area contributed by atoms with Crippen molar-refractivity contribution >= 4 is 28.2 Å². The molecule has 2 aliphatic carbocycles. The minimum atomic E-state index is -7.44. The van der Waals surface area contributed by atoms with Crippen LogP contribution in [0.15, 0.2) is 0 Å². The van der Waals surface area contributed by atoms with Crippen molar-refractivity contribution in [2.75, 3.05) is 5.32 Å². The van der Waals surface area contributed by atoms with Gasteiger partial charge < -0.3 is 11.1 Å². The third-order valence-electron chi connectivity index (χ3n) is 6.72. The first-order chi connectivity index (χ1) is 15.9. The molecule has 1 fully saturated rings. The standard InChI is InChI=1S/C20H19F11N2O2S/c1-14(2,3)7-4-5-8-9(6-7)36-12(10(8)11(32)34)33-13(35)15(21)16(22,23)18(26,27)20(30,31)19(28,29)17(15,24)25/h7H,4-6H2,1-3H3,(H2,32,34)(H,33,35). The molecule has 0 spiro atoms. The quantitative estimate of drug-likeness (QED) is 0.457. The predicted octanol–water partition coefficient (Wildman–Crippen LogP) is 5.83. The number of amides is 2. The number of thiophene rings is 1. The molecule has 3 N–H and O–H groups in total. The number of rotatable bonds is 3. The second-order valence-corrected chi connectivity index (χ2v) is 11.0. The zero-order valence-corrected chi connectivity index (χ0v) is 19.5. The molecule has 1 unspecified atom stereocenters. The Morgan fingerprint density at radius 2 is 1.31 bits per heavy atom. The molecule has 1 aromatic heterocycles.